The van der Waals surface area contributed by atoms with E-state index in [1.54, 1.807) is 0 Å². The largest absolute Gasteiger partial charge is 0.391 e. The molecule has 1 aromatic heterocycles. The van der Waals surface area contributed by atoms with Crippen molar-refractivity contribution in [3.8, 4) is 0 Å². The minimum atomic E-state index is -4.02. The number of rotatable bonds is 4. The second-order valence-electron chi connectivity index (χ2n) is 5.55. The second kappa shape index (κ2) is 6.46. The summed E-state index contributed by atoms with van der Waals surface area (Å²) in [6.07, 6.45) is 0.581. The Morgan fingerprint density at radius 2 is 1.90 bits per heavy atom. The van der Waals surface area contributed by atoms with Crippen LogP contribution in [0.1, 0.15) is 38.2 Å². The van der Waals surface area contributed by atoms with E-state index >= 15 is 0 Å². The van der Waals surface area contributed by atoms with Crippen molar-refractivity contribution in [1.82, 2.24) is 4.98 Å². The van der Waals surface area contributed by atoms with Crippen molar-refractivity contribution in [3.05, 3.63) is 23.9 Å². The molecule has 5 heteroatoms. The molecule has 0 bridgehead atoms. The number of pyridine rings is 1. The van der Waals surface area contributed by atoms with Gasteiger partial charge in [0.05, 0.1) is 5.92 Å². The van der Waals surface area contributed by atoms with E-state index in [9.17, 15) is 13.2 Å². The molecule has 1 fully saturated rings. The first-order chi connectivity index (χ1) is 9.49. The van der Waals surface area contributed by atoms with Crippen molar-refractivity contribution in [1.29, 1.82) is 0 Å². The van der Waals surface area contributed by atoms with E-state index < -0.39 is 12.1 Å². The fourth-order valence-corrected chi connectivity index (χ4v) is 2.68. The number of hydrogen-bond acceptors (Lipinski definition) is 2. The number of halogens is 3. The molecule has 112 valence electrons. The molecule has 2 nitrogen and oxygen atoms in total. The number of aromatic nitrogens is 1. The maximum absolute atomic E-state index is 12.6. The lowest BCUT2D eigenvalue weighted by Crippen LogP contribution is -2.29. The number of aryl methyl sites for hydroxylation is 1. The van der Waals surface area contributed by atoms with E-state index in [1.807, 2.05) is 18.3 Å². The van der Waals surface area contributed by atoms with Gasteiger partial charge in [0.15, 0.2) is 0 Å². The summed E-state index contributed by atoms with van der Waals surface area (Å²) in [6, 6.07) is 3.95. The maximum atomic E-state index is 12.6. The van der Waals surface area contributed by atoms with Crippen molar-refractivity contribution in [2.75, 3.05) is 11.9 Å². The third-order valence-electron chi connectivity index (χ3n) is 4.11. The van der Waals surface area contributed by atoms with Crippen LogP contribution in [0.5, 0.6) is 0 Å². The quantitative estimate of drug-likeness (QED) is 0.886. The smallest absolute Gasteiger partial charge is 0.370 e. The van der Waals surface area contributed by atoms with Crippen LogP contribution >= 0.6 is 0 Å². The predicted octanol–water partition coefficient (Wildman–Crippen LogP) is 4.42. The molecule has 0 aliphatic heterocycles. The average Bonchev–Trinajstić information content (AvgIpc) is 2.45. The molecule has 20 heavy (non-hydrogen) atoms. The highest BCUT2D eigenvalue weighted by Gasteiger charge is 2.41. The van der Waals surface area contributed by atoms with Gasteiger partial charge < -0.3 is 5.32 Å². The lowest BCUT2D eigenvalue weighted by Gasteiger charge is -2.29. The number of nitrogens with one attached hydrogen (secondary N) is 1. The first-order valence-electron chi connectivity index (χ1n) is 7.24. The Morgan fingerprint density at radius 3 is 2.40 bits per heavy atom. The molecule has 1 aromatic rings. The van der Waals surface area contributed by atoms with E-state index in [0.29, 0.717) is 25.3 Å². The predicted molar refractivity (Wildman–Crippen MR) is 73.6 cm³/mol. The van der Waals surface area contributed by atoms with E-state index in [2.05, 4.69) is 17.2 Å². The van der Waals surface area contributed by atoms with Gasteiger partial charge in [-0.25, -0.2) is 4.98 Å². The van der Waals surface area contributed by atoms with Gasteiger partial charge in [-0.15, -0.1) is 0 Å². The van der Waals surface area contributed by atoms with Gasteiger partial charge in [0.2, 0.25) is 0 Å². The van der Waals surface area contributed by atoms with Crippen molar-refractivity contribution in [2.45, 2.75) is 45.2 Å². The standard InChI is InChI=1S/C15H21F3N2/c1-2-11-5-8-14(19-9-11)20-10-12-3-6-13(7-4-12)15(16,17)18/h5,8-9,12-13H,2-4,6-7,10H2,1H3,(H,19,20). The highest BCUT2D eigenvalue weighted by molar-refractivity contribution is 5.35. The molecular formula is C15H21F3N2. The van der Waals surface area contributed by atoms with Crippen LogP contribution in [-0.4, -0.2) is 17.7 Å². The van der Waals surface area contributed by atoms with Gasteiger partial charge in [0.1, 0.15) is 5.82 Å². The van der Waals surface area contributed by atoms with Crippen molar-refractivity contribution in [2.24, 2.45) is 11.8 Å². The topological polar surface area (TPSA) is 24.9 Å². The summed E-state index contributed by atoms with van der Waals surface area (Å²) >= 11 is 0. The lowest BCUT2D eigenvalue weighted by molar-refractivity contribution is -0.183. The molecule has 0 aromatic carbocycles. The Bertz CT molecular complexity index is 406. The van der Waals surface area contributed by atoms with Crippen LogP contribution in [0.4, 0.5) is 19.0 Å². The summed E-state index contributed by atoms with van der Waals surface area (Å²) in [5, 5.41) is 3.23. The third kappa shape index (κ3) is 4.12. The maximum Gasteiger partial charge on any atom is 0.391 e. The van der Waals surface area contributed by atoms with Crippen LogP contribution in [0, 0.1) is 11.8 Å². The Morgan fingerprint density at radius 1 is 1.20 bits per heavy atom. The summed E-state index contributed by atoms with van der Waals surface area (Å²) in [5.74, 6) is 0.0297. The molecule has 1 heterocycles. The fraction of sp³-hybridized carbons (Fsp3) is 0.667. The Hall–Kier alpha value is -1.26. The van der Waals surface area contributed by atoms with Crippen LogP contribution in [0.25, 0.3) is 0 Å². The van der Waals surface area contributed by atoms with Crippen LogP contribution in [-0.2, 0) is 6.42 Å². The summed E-state index contributed by atoms with van der Waals surface area (Å²) in [7, 11) is 0. The molecule has 1 N–H and O–H groups in total. The zero-order chi connectivity index (χ0) is 14.6. The summed E-state index contributed by atoms with van der Waals surface area (Å²) in [5.41, 5.74) is 1.18. The monoisotopic (exact) mass is 286 g/mol. The molecule has 0 unspecified atom stereocenters. The minimum absolute atomic E-state index is 0.262. The average molecular weight is 286 g/mol. The van der Waals surface area contributed by atoms with Gasteiger partial charge >= 0.3 is 6.18 Å². The van der Waals surface area contributed by atoms with Crippen molar-refractivity contribution < 1.29 is 13.2 Å². The highest BCUT2D eigenvalue weighted by Crippen LogP contribution is 2.39. The zero-order valence-electron chi connectivity index (χ0n) is 11.7. The molecule has 0 spiro atoms. The van der Waals surface area contributed by atoms with Crippen LogP contribution in [0.3, 0.4) is 0 Å². The molecule has 0 saturated heterocycles. The van der Waals surface area contributed by atoms with E-state index in [0.717, 1.165) is 12.2 Å². The molecule has 1 aliphatic carbocycles. The van der Waals surface area contributed by atoms with E-state index in [4.69, 9.17) is 0 Å². The number of anilines is 1. The normalized spacial score (nSPS) is 23.6. The highest BCUT2D eigenvalue weighted by atomic mass is 19.4. The number of nitrogens with zero attached hydrogens (tertiary/aromatic N) is 1. The number of hydrogen-bond donors (Lipinski definition) is 1. The fourth-order valence-electron chi connectivity index (χ4n) is 2.68. The second-order valence-corrected chi connectivity index (χ2v) is 5.55. The summed E-state index contributed by atoms with van der Waals surface area (Å²) in [6.45, 7) is 2.78. The van der Waals surface area contributed by atoms with Gasteiger partial charge in [-0.05, 0) is 49.7 Å². The van der Waals surface area contributed by atoms with Gasteiger partial charge in [-0.3, -0.25) is 0 Å². The molecule has 0 amide bonds. The van der Waals surface area contributed by atoms with Gasteiger partial charge in [0, 0.05) is 12.7 Å². The molecule has 0 radical (unpaired) electrons. The first kappa shape index (κ1) is 15.1. The molecule has 0 atom stereocenters. The minimum Gasteiger partial charge on any atom is -0.370 e. The summed E-state index contributed by atoms with van der Waals surface area (Å²) in [4.78, 5) is 4.30. The van der Waals surface area contributed by atoms with E-state index in [1.165, 1.54) is 5.56 Å². The van der Waals surface area contributed by atoms with Crippen LogP contribution in [0.15, 0.2) is 18.3 Å². The molecular weight excluding hydrogens is 265 g/mol. The van der Waals surface area contributed by atoms with Crippen LogP contribution in [0.2, 0.25) is 0 Å². The molecule has 2 rings (SSSR count). The molecule has 1 aliphatic rings. The SMILES string of the molecule is CCc1ccc(NCC2CCC(C(F)(F)F)CC2)nc1. The molecule has 1 saturated carbocycles. The van der Waals surface area contributed by atoms with E-state index in [-0.39, 0.29) is 12.8 Å². The lowest BCUT2D eigenvalue weighted by atomic mass is 9.81. The third-order valence-corrected chi connectivity index (χ3v) is 4.11. The Kier molecular flexibility index (Phi) is 4.89. The van der Waals surface area contributed by atoms with Gasteiger partial charge in [-0.1, -0.05) is 13.0 Å². The zero-order valence-corrected chi connectivity index (χ0v) is 11.7. The van der Waals surface area contributed by atoms with Gasteiger partial charge in [-0.2, -0.15) is 13.2 Å². The Labute approximate surface area is 117 Å². The number of alkyl halides is 3. The first-order valence-corrected chi connectivity index (χ1v) is 7.24. The van der Waals surface area contributed by atoms with Crippen molar-refractivity contribution in [3.63, 3.8) is 0 Å². The van der Waals surface area contributed by atoms with Gasteiger partial charge in [0.25, 0.3) is 0 Å². The van der Waals surface area contributed by atoms with Crippen molar-refractivity contribution >= 4 is 5.82 Å². The van der Waals surface area contributed by atoms with Crippen LogP contribution < -0.4 is 5.32 Å². The summed E-state index contributed by atoms with van der Waals surface area (Å²) < 4.78 is 37.7. The Balaban J connectivity index is 1.75.